The molecular formula is C20H14Cl3N3O2. The fraction of sp³-hybridized carbons (Fsp3) is 0.0500. The summed E-state index contributed by atoms with van der Waals surface area (Å²) < 4.78 is 1.43. The maximum Gasteiger partial charge on any atom is 0.276 e. The van der Waals surface area contributed by atoms with Gasteiger partial charge in [-0.3, -0.25) is 9.59 Å². The van der Waals surface area contributed by atoms with E-state index in [2.05, 4.69) is 10.5 Å². The molecule has 0 aliphatic carbocycles. The summed E-state index contributed by atoms with van der Waals surface area (Å²) in [4.78, 5) is 24.9. The molecule has 1 amide bonds. The zero-order valence-electron chi connectivity index (χ0n) is 14.4. The van der Waals surface area contributed by atoms with E-state index in [1.165, 1.54) is 16.8 Å². The quantitative estimate of drug-likeness (QED) is 0.470. The van der Waals surface area contributed by atoms with Gasteiger partial charge in [-0.25, -0.2) is 5.43 Å². The lowest BCUT2D eigenvalue weighted by Gasteiger charge is -2.08. The lowest BCUT2D eigenvalue weighted by Crippen LogP contribution is -2.30. The molecule has 5 nitrogen and oxygen atoms in total. The van der Waals surface area contributed by atoms with Crippen LogP contribution in [0.3, 0.4) is 0 Å². The van der Waals surface area contributed by atoms with E-state index in [4.69, 9.17) is 34.8 Å². The van der Waals surface area contributed by atoms with Crippen molar-refractivity contribution in [2.45, 2.75) is 6.54 Å². The van der Waals surface area contributed by atoms with E-state index >= 15 is 0 Å². The summed E-state index contributed by atoms with van der Waals surface area (Å²) in [5, 5.41) is 5.25. The molecule has 1 N–H and O–H groups in total. The average molecular weight is 435 g/mol. The summed E-state index contributed by atoms with van der Waals surface area (Å²) in [6.07, 6.45) is 3.02. The lowest BCUT2D eigenvalue weighted by atomic mass is 10.2. The third-order valence-electron chi connectivity index (χ3n) is 3.83. The summed E-state index contributed by atoms with van der Waals surface area (Å²) in [6, 6.07) is 15.2. The van der Waals surface area contributed by atoms with Crippen molar-refractivity contribution in [3.63, 3.8) is 0 Å². The van der Waals surface area contributed by atoms with Crippen LogP contribution in [0.25, 0.3) is 0 Å². The largest absolute Gasteiger partial charge is 0.310 e. The number of hydrogen-bond acceptors (Lipinski definition) is 3. The van der Waals surface area contributed by atoms with E-state index in [-0.39, 0.29) is 5.56 Å². The second-order valence-corrected chi connectivity index (χ2v) is 7.11. The SMILES string of the molecule is O=C(N/N=C\c1ccc(Cl)c(Cl)c1)c1cccn(Cc2cccc(Cl)c2)c1=O. The zero-order chi connectivity index (χ0) is 20.1. The third kappa shape index (κ3) is 5.01. The Hall–Kier alpha value is -2.60. The van der Waals surface area contributed by atoms with Gasteiger partial charge in [0.1, 0.15) is 5.56 Å². The van der Waals surface area contributed by atoms with Gasteiger partial charge in [-0.2, -0.15) is 5.10 Å². The van der Waals surface area contributed by atoms with Crippen LogP contribution in [0.5, 0.6) is 0 Å². The highest BCUT2D eigenvalue weighted by atomic mass is 35.5. The first-order valence-electron chi connectivity index (χ1n) is 8.16. The predicted molar refractivity (Wildman–Crippen MR) is 113 cm³/mol. The Kier molecular flexibility index (Phi) is 6.52. The van der Waals surface area contributed by atoms with E-state index in [0.29, 0.717) is 27.2 Å². The Morgan fingerprint density at radius 3 is 2.61 bits per heavy atom. The van der Waals surface area contributed by atoms with Crippen LogP contribution in [-0.2, 0) is 6.54 Å². The fourth-order valence-corrected chi connectivity index (χ4v) is 3.00. The van der Waals surface area contributed by atoms with Gasteiger partial charge in [0.2, 0.25) is 0 Å². The van der Waals surface area contributed by atoms with Crippen molar-refractivity contribution in [1.29, 1.82) is 0 Å². The molecule has 0 fully saturated rings. The smallest absolute Gasteiger partial charge is 0.276 e. The van der Waals surface area contributed by atoms with Crippen LogP contribution in [0.1, 0.15) is 21.5 Å². The molecule has 3 aromatic rings. The molecule has 1 heterocycles. The van der Waals surface area contributed by atoms with Crippen molar-refractivity contribution in [2.24, 2.45) is 5.10 Å². The lowest BCUT2D eigenvalue weighted by molar-refractivity contribution is 0.0953. The number of rotatable bonds is 5. The Morgan fingerprint density at radius 1 is 1.04 bits per heavy atom. The zero-order valence-corrected chi connectivity index (χ0v) is 16.7. The van der Waals surface area contributed by atoms with E-state index in [1.54, 1.807) is 48.7 Å². The van der Waals surface area contributed by atoms with Crippen molar-refractivity contribution < 1.29 is 4.79 Å². The van der Waals surface area contributed by atoms with Crippen LogP contribution < -0.4 is 11.0 Å². The van der Waals surface area contributed by atoms with Crippen LogP contribution in [-0.4, -0.2) is 16.7 Å². The molecule has 1 aromatic heterocycles. The first-order valence-corrected chi connectivity index (χ1v) is 9.30. The highest BCUT2D eigenvalue weighted by Crippen LogP contribution is 2.21. The van der Waals surface area contributed by atoms with Gasteiger partial charge in [-0.1, -0.05) is 53.0 Å². The molecule has 0 radical (unpaired) electrons. The molecule has 2 aromatic carbocycles. The Balaban J connectivity index is 1.74. The molecule has 28 heavy (non-hydrogen) atoms. The highest BCUT2D eigenvalue weighted by molar-refractivity contribution is 6.42. The van der Waals surface area contributed by atoms with Gasteiger partial charge < -0.3 is 4.57 Å². The Labute approximate surface area is 176 Å². The predicted octanol–water partition coefficient (Wildman–Crippen LogP) is 4.62. The number of aromatic nitrogens is 1. The number of carbonyl (C=O) groups excluding carboxylic acids is 1. The van der Waals surface area contributed by atoms with Crippen molar-refractivity contribution in [3.05, 3.63) is 103 Å². The van der Waals surface area contributed by atoms with Gasteiger partial charge in [0.25, 0.3) is 11.5 Å². The van der Waals surface area contributed by atoms with Crippen molar-refractivity contribution in [1.82, 2.24) is 9.99 Å². The molecule has 142 valence electrons. The van der Waals surface area contributed by atoms with Gasteiger partial charge in [-0.05, 0) is 47.5 Å². The molecule has 0 saturated carbocycles. The van der Waals surface area contributed by atoms with Crippen LogP contribution >= 0.6 is 34.8 Å². The maximum absolute atomic E-state index is 12.6. The highest BCUT2D eigenvalue weighted by Gasteiger charge is 2.11. The summed E-state index contributed by atoms with van der Waals surface area (Å²) >= 11 is 17.8. The van der Waals surface area contributed by atoms with Crippen LogP contribution in [0.2, 0.25) is 15.1 Å². The Bertz CT molecular complexity index is 1110. The molecule has 0 bridgehead atoms. The number of nitrogens with zero attached hydrogens (tertiary/aromatic N) is 2. The molecule has 0 saturated heterocycles. The molecule has 0 atom stereocenters. The van der Waals surface area contributed by atoms with Crippen molar-refractivity contribution in [3.8, 4) is 0 Å². The number of hydrogen-bond donors (Lipinski definition) is 1. The molecule has 0 unspecified atom stereocenters. The monoisotopic (exact) mass is 433 g/mol. The minimum absolute atomic E-state index is 0.0178. The number of carbonyl (C=O) groups is 1. The molecule has 8 heteroatoms. The second kappa shape index (κ2) is 9.06. The van der Waals surface area contributed by atoms with Gasteiger partial charge in [0.05, 0.1) is 22.8 Å². The minimum atomic E-state index is -0.609. The average Bonchev–Trinajstić information content (AvgIpc) is 2.66. The van der Waals surface area contributed by atoms with Crippen molar-refractivity contribution >= 4 is 46.9 Å². The molecule has 0 aliphatic heterocycles. The van der Waals surface area contributed by atoms with Gasteiger partial charge >= 0.3 is 0 Å². The summed E-state index contributed by atoms with van der Waals surface area (Å²) in [5.74, 6) is -0.609. The molecule has 0 spiro atoms. The third-order valence-corrected chi connectivity index (χ3v) is 4.80. The summed E-state index contributed by atoms with van der Waals surface area (Å²) in [7, 11) is 0. The first kappa shape index (κ1) is 20.1. The number of nitrogens with one attached hydrogen (secondary N) is 1. The second-order valence-electron chi connectivity index (χ2n) is 5.86. The minimum Gasteiger partial charge on any atom is -0.310 e. The van der Waals surface area contributed by atoms with Crippen LogP contribution in [0, 0.1) is 0 Å². The number of amides is 1. The molecule has 3 rings (SSSR count). The fourth-order valence-electron chi connectivity index (χ4n) is 2.48. The number of benzene rings is 2. The molecule has 0 aliphatic rings. The van der Waals surface area contributed by atoms with Gasteiger partial charge in [-0.15, -0.1) is 0 Å². The molecular weight excluding hydrogens is 421 g/mol. The van der Waals surface area contributed by atoms with Crippen LogP contribution in [0.4, 0.5) is 0 Å². The summed E-state index contributed by atoms with van der Waals surface area (Å²) in [5.41, 5.74) is 3.40. The topological polar surface area (TPSA) is 63.5 Å². The van der Waals surface area contributed by atoms with Crippen molar-refractivity contribution in [2.75, 3.05) is 0 Å². The standard InChI is InChI=1S/C20H14Cl3N3O2/c21-15-4-1-3-14(9-15)12-26-8-2-5-16(20(26)28)19(27)25-24-11-13-6-7-17(22)18(23)10-13/h1-11H,12H2,(H,25,27)/b24-11-. The summed E-state index contributed by atoms with van der Waals surface area (Å²) in [6.45, 7) is 0.299. The first-order chi connectivity index (χ1) is 13.4. The maximum atomic E-state index is 12.6. The van der Waals surface area contributed by atoms with E-state index in [1.807, 2.05) is 6.07 Å². The van der Waals surface area contributed by atoms with Gasteiger partial charge in [0, 0.05) is 11.2 Å². The number of halogens is 3. The number of pyridine rings is 1. The van der Waals surface area contributed by atoms with E-state index in [9.17, 15) is 9.59 Å². The Morgan fingerprint density at radius 2 is 1.86 bits per heavy atom. The van der Waals surface area contributed by atoms with Crippen LogP contribution in [0.15, 0.2) is 70.7 Å². The van der Waals surface area contributed by atoms with Gasteiger partial charge in [0.15, 0.2) is 0 Å². The van der Waals surface area contributed by atoms with E-state index < -0.39 is 11.5 Å². The normalized spacial score (nSPS) is 11.0. The van der Waals surface area contributed by atoms with E-state index in [0.717, 1.165) is 5.56 Å². The number of hydrazone groups is 1.